The summed E-state index contributed by atoms with van der Waals surface area (Å²) in [5.74, 6) is 0.419. The lowest BCUT2D eigenvalue weighted by atomic mass is 10.3. The molecule has 0 saturated heterocycles. The maximum Gasteiger partial charge on any atom is 0.434 e. The molecule has 0 amide bonds. The van der Waals surface area contributed by atoms with Crippen LogP contribution >= 0.6 is 0 Å². The predicted molar refractivity (Wildman–Crippen MR) is 91.5 cm³/mol. The van der Waals surface area contributed by atoms with E-state index in [4.69, 9.17) is 4.74 Å². The number of imidazole rings is 1. The van der Waals surface area contributed by atoms with Gasteiger partial charge in [0.05, 0.1) is 18.2 Å². The van der Waals surface area contributed by atoms with Crippen LogP contribution in [0.4, 0.5) is 13.2 Å². The molecule has 27 heavy (non-hydrogen) atoms. The normalized spacial score (nSPS) is 12.2. The van der Waals surface area contributed by atoms with Crippen molar-refractivity contribution in [3.05, 3.63) is 54.5 Å². The van der Waals surface area contributed by atoms with Gasteiger partial charge in [0.25, 0.3) is 0 Å². The van der Waals surface area contributed by atoms with Crippen molar-refractivity contribution in [2.75, 3.05) is 13.4 Å². The van der Waals surface area contributed by atoms with Crippen molar-refractivity contribution in [3.63, 3.8) is 0 Å². The molecule has 3 aromatic rings. The molecule has 0 aliphatic rings. The summed E-state index contributed by atoms with van der Waals surface area (Å²) >= 11 is 0. The highest BCUT2D eigenvalue weighted by Crippen LogP contribution is 2.32. The van der Waals surface area contributed by atoms with E-state index >= 15 is 0 Å². The monoisotopic (exact) mass is 397 g/mol. The lowest BCUT2D eigenvalue weighted by Crippen LogP contribution is -2.05. The first kappa shape index (κ1) is 18.9. The molecule has 0 bridgehead atoms. The SMILES string of the molecule is COc1ccc(-c2nc(C(F)(F)F)cn2-c2ccc(S(C)(=O)=O)cc2)nc1. The van der Waals surface area contributed by atoms with E-state index in [9.17, 15) is 21.6 Å². The van der Waals surface area contributed by atoms with Gasteiger partial charge in [0.15, 0.2) is 21.4 Å². The number of benzene rings is 1. The van der Waals surface area contributed by atoms with E-state index in [1.54, 1.807) is 6.07 Å². The maximum absolute atomic E-state index is 13.2. The fourth-order valence-electron chi connectivity index (χ4n) is 2.38. The number of halogens is 3. The Kier molecular flexibility index (Phi) is 4.68. The van der Waals surface area contributed by atoms with Crippen molar-refractivity contribution < 1.29 is 26.3 Å². The molecule has 2 heterocycles. The van der Waals surface area contributed by atoms with Gasteiger partial charge >= 0.3 is 6.18 Å². The molecule has 3 rings (SSSR count). The maximum atomic E-state index is 13.2. The molecule has 0 unspecified atom stereocenters. The minimum Gasteiger partial charge on any atom is -0.495 e. The largest absolute Gasteiger partial charge is 0.495 e. The second-order valence-corrected chi connectivity index (χ2v) is 7.68. The fraction of sp³-hybridized carbons (Fsp3) is 0.176. The van der Waals surface area contributed by atoms with Gasteiger partial charge in [-0.25, -0.2) is 18.4 Å². The Morgan fingerprint density at radius 2 is 1.74 bits per heavy atom. The standard InChI is InChI=1S/C17H14F3N3O3S/c1-26-12-5-8-14(21-9-12)16-22-15(17(18,19)20)10-23(16)11-3-6-13(7-4-11)27(2,24)25/h3-10H,1-2H3. The van der Waals surface area contributed by atoms with Crippen LogP contribution in [-0.2, 0) is 16.0 Å². The Morgan fingerprint density at radius 1 is 1.07 bits per heavy atom. The van der Waals surface area contributed by atoms with E-state index in [1.807, 2.05) is 0 Å². The Morgan fingerprint density at radius 3 is 2.22 bits per heavy atom. The molecule has 6 nitrogen and oxygen atoms in total. The fourth-order valence-corrected chi connectivity index (χ4v) is 3.01. The predicted octanol–water partition coefficient (Wildman–Crippen LogP) is 3.37. The van der Waals surface area contributed by atoms with E-state index < -0.39 is 21.7 Å². The Hall–Kier alpha value is -2.88. The van der Waals surface area contributed by atoms with Crippen LogP contribution in [0.2, 0.25) is 0 Å². The minimum absolute atomic E-state index is 0.0305. The zero-order valence-electron chi connectivity index (χ0n) is 14.2. The second kappa shape index (κ2) is 6.69. The van der Waals surface area contributed by atoms with Crippen LogP contribution in [0.5, 0.6) is 5.75 Å². The summed E-state index contributed by atoms with van der Waals surface area (Å²) in [6.07, 6.45) is -1.38. The number of methoxy groups -OCH3 is 1. The Bertz CT molecular complexity index is 1060. The quantitative estimate of drug-likeness (QED) is 0.675. The summed E-state index contributed by atoms with van der Waals surface area (Å²) < 4.78 is 68.8. The number of hydrogen-bond donors (Lipinski definition) is 0. The van der Waals surface area contributed by atoms with Crippen molar-refractivity contribution in [2.45, 2.75) is 11.1 Å². The molecular weight excluding hydrogens is 383 g/mol. The van der Waals surface area contributed by atoms with Crippen molar-refractivity contribution in [1.29, 1.82) is 0 Å². The van der Waals surface area contributed by atoms with Crippen molar-refractivity contribution in [1.82, 2.24) is 14.5 Å². The van der Waals surface area contributed by atoms with Gasteiger partial charge in [-0.3, -0.25) is 4.57 Å². The number of ether oxygens (including phenoxy) is 1. The lowest BCUT2D eigenvalue weighted by molar-refractivity contribution is -0.140. The van der Waals surface area contributed by atoms with Gasteiger partial charge in [-0.15, -0.1) is 0 Å². The average Bonchev–Trinajstić information content (AvgIpc) is 3.07. The summed E-state index contributed by atoms with van der Waals surface area (Å²) in [4.78, 5) is 7.82. The van der Waals surface area contributed by atoms with Gasteiger partial charge in [-0.05, 0) is 36.4 Å². The van der Waals surface area contributed by atoms with E-state index in [1.165, 1.54) is 48.2 Å². The van der Waals surface area contributed by atoms with Gasteiger partial charge in [0.2, 0.25) is 0 Å². The Balaban J connectivity index is 2.14. The molecule has 2 aromatic heterocycles. The van der Waals surface area contributed by atoms with Crippen LogP contribution in [0, 0.1) is 0 Å². The van der Waals surface area contributed by atoms with Crippen molar-refractivity contribution in [3.8, 4) is 23.0 Å². The second-order valence-electron chi connectivity index (χ2n) is 5.67. The first-order chi connectivity index (χ1) is 12.6. The van der Waals surface area contributed by atoms with E-state index in [2.05, 4.69) is 9.97 Å². The van der Waals surface area contributed by atoms with Gasteiger partial charge < -0.3 is 4.74 Å². The molecular formula is C17H14F3N3O3S. The molecule has 0 saturated carbocycles. The van der Waals surface area contributed by atoms with E-state index in [0.29, 0.717) is 11.4 Å². The van der Waals surface area contributed by atoms with Crippen LogP contribution < -0.4 is 4.74 Å². The Labute approximate surface area is 153 Å². The molecule has 0 atom stereocenters. The summed E-state index contributed by atoms with van der Waals surface area (Å²) in [6.45, 7) is 0. The third-order valence-electron chi connectivity index (χ3n) is 3.74. The van der Waals surface area contributed by atoms with Gasteiger partial charge in [0.1, 0.15) is 11.4 Å². The number of pyridine rings is 1. The highest BCUT2D eigenvalue weighted by atomic mass is 32.2. The lowest BCUT2D eigenvalue weighted by Gasteiger charge is -2.08. The molecule has 1 aromatic carbocycles. The average molecular weight is 397 g/mol. The number of hydrogen-bond acceptors (Lipinski definition) is 5. The smallest absolute Gasteiger partial charge is 0.434 e. The number of aromatic nitrogens is 3. The molecule has 0 N–H and O–H groups in total. The molecule has 0 fully saturated rings. The van der Waals surface area contributed by atoms with E-state index in [-0.39, 0.29) is 16.4 Å². The topological polar surface area (TPSA) is 74.1 Å². The third kappa shape index (κ3) is 3.95. The van der Waals surface area contributed by atoms with Crippen LogP contribution in [0.1, 0.15) is 5.69 Å². The number of nitrogens with zero attached hydrogens (tertiary/aromatic N) is 3. The first-order valence-corrected chi connectivity index (χ1v) is 9.46. The number of rotatable bonds is 4. The molecule has 10 heteroatoms. The van der Waals surface area contributed by atoms with Crippen molar-refractivity contribution in [2.24, 2.45) is 0 Å². The number of sulfone groups is 1. The summed E-state index contributed by atoms with van der Waals surface area (Å²) in [6, 6.07) is 8.51. The third-order valence-corrected chi connectivity index (χ3v) is 4.87. The number of alkyl halides is 3. The van der Waals surface area contributed by atoms with Crippen LogP contribution in [0.15, 0.2) is 53.7 Å². The van der Waals surface area contributed by atoms with Gasteiger partial charge in [-0.1, -0.05) is 0 Å². The molecule has 142 valence electrons. The summed E-state index contributed by atoms with van der Waals surface area (Å²) in [5, 5.41) is 0. The first-order valence-electron chi connectivity index (χ1n) is 7.57. The molecule has 0 aliphatic carbocycles. The van der Waals surface area contributed by atoms with Crippen molar-refractivity contribution >= 4 is 9.84 Å². The zero-order chi connectivity index (χ0) is 19.8. The highest BCUT2D eigenvalue weighted by Gasteiger charge is 2.35. The van der Waals surface area contributed by atoms with E-state index in [0.717, 1.165) is 12.5 Å². The van der Waals surface area contributed by atoms with Crippen LogP contribution in [0.3, 0.4) is 0 Å². The van der Waals surface area contributed by atoms with Crippen LogP contribution in [-0.4, -0.2) is 36.3 Å². The van der Waals surface area contributed by atoms with Gasteiger partial charge in [0, 0.05) is 18.1 Å². The highest BCUT2D eigenvalue weighted by molar-refractivity contribution is 7.90. The molecule has 0 aliphatic heterocycles. The summed E-state index contributed by atoms with van der Waals surface area (Å²) in [7, 11) is -1.97. The minimum atomic E-state index is -4.64. The van der Waals surface area contributed by atoms with Crippen LogP contribution in [0.25, 0.3) is 17.2 Å². The zero-order valence-corrected chi connectivity index (χ0v) is 15.0. The summed E-state index contributed by atoms with van der Waals surface area (Å²) in [5.41, 5.74) is -0.557. The molecule has 0 spiro atoms. The van der Waals surface area contributed by atoms with Gasteiger partial charge in [-0.2, -0.15) is 13.2 Å². The molecule has 0 radical (unpaired) electrons.